The Morgan fingerprint density at radius 2 is 0.636 bits per heavy atom. The van der Waals surface area contributed by atoms with Crippen molar-refractivity contribution in [2.75, 3.05) is 150 Å². The number of alkyl halides is 1. The molecule has 10 atom stereocenters. The fourth-order valence-corrected chi connectivity index (χ4v) is 17.0. The Morgan fingerprint density at radius 1 is 0.371 bits per heavy atom. The van der Waals surface area contributed by atoms with Crippen molar-refractivity contribution in [2.24, 2.45) is 53.1 Å². The van der Waals surface area contributed by atoms with E-state index in [0.717, 1.165) is 168 Å². The monoisotopic (exact) mass is 2180 g/mol. The third kappa shape index (κ3) is 52.4. The highest BCUT2D eigenvalue weighted by Gasteiger charge is 2.33. The van der Waals surface area contributed by atoms with Crippen molar-refractivity contribution in [2.45, 2.75) is 151 Å². The lowest BCUT2D eigenvalue weighted by molar-refractivity contribution is -0.157. The van der Waals surface area contributed by atoms with Gasteiger partial charge in [-0.25, -0.2) is 9.59 Å². The van der Waals surface area contributed by atoms with E-state index in [1.54, 1.807) is 72.8 Å². The van der Waals surface area contributed by atoms with Crippen LogP contribution in [-0.4, -0.2) is 227 Å². The number of carbonyl (C=O) groups is 5. The second-order valence-corrected chi connectivity index (χ2v) is 41.8. The van der Waals surface area contributed by atoms with E-state index in [1.165, 1.54) is 0 Å². The van der Waals surface area contributed by atoms with Gasteiger partial charge >= 0.3 is 18.0 Å². The van der Waals surface area contributed by atoms with Crippen LogP contribution in [0.1, 0.15) is 128 Å². The van der Waals surface area contributed by atoms with Gasteiger partial charge in [0.25, 0.3) is 0 Å². The Kier molecular flexibility index (Phi) is 57.0. The van der Waals surface area contributed by atoms with Crippen LogP contribution in [0.15, 0.2) is 194 Å². The summed E-state index contributed by atoms with van der Waals surface area (Å²) in [4.78, 5) is 68.0. The Hall–Kier alpha value is -7.44. The molecule has 0 saturated carbocycles. The molecule has 772 valence electrons. The number of hydrogen-bond acceptors (Lipinski definition) is 21. The molecule has 13 rings (SSSR count). The number of halogens is 10. The Morgan fingerprint density at radius 3 is 0.900 bits per heavy atom. The number of likely N-dealkylation sites (tertiary alicyclic amines) is 4. The van der Waals surface area contributed by atoms with Crippen LogP contribution in [-0.2, 0) is 28.7 Å². The van der Waals surface area contributed by atoms with Gasteiger partial charge in [0, 0.05) is 129 Å². The zero-order valence-corrected chi connectivity index (χ0v) is 90.9. The van der Waals surface area contributed by atoms with Gasteiger partial charge in [-0.05, 0) is 354 Å². The summed E-state index contributed by atoms with van der Waals surface area (Å²) in [6.45, 7) is 39.3. The topological polar surface area (TPSA) is 261 Å². The molecule has 0 bridgehead atoms. The number of benzene rings is 8. The number of carbonyl (C=O) groups excluding carboxylic acids is 4. The molecule has 5 saturated heterocycles. The summed E-state index contributed by atoms with van der Waals surface area (Å²) in [6.07, 6.45) is 6.50. The third-order valence-electron chi connectivity index (χ3n) is 23.6. The number of esters is 1. The quantitative estimate of drug-likeness (QED) is 0.0212. The lowest BCUT2D eigenvalue weighted by atomic mass is 9.83. The number of nitrogens with zero attached hydrogens (tertiary/aromatic N) is 4. The van der Waals surface area contributed by atoms with E-state index in [9.17, 15) is 24.0 Å². The Labute approximate surface area is 884 Å². The number of carboxylic acids is 1. The first-order valence-corrected chi connectivity index (χ1v) is 51.9. The predicted octanol–water partition coefficient (Wildman–Crippen LogP) is 24.4. The first-order valence-electron chi connectivity index (χ1n) is 47.7. The molecule has 0 radical (unpaired) electrons. The lowest BCUT2D eigenvalue weighted by Crippen LogP contribution is -2.49. The fourth-order valence-electron chi connectivity index (χ4n) is 15.8. The summed E-state index contributed by atoms with van der Waals surface area (Å²) >= 11 is 49.7. The smallest absolute Gasteiger partial charge is 0.407 e. The van der Waals surface area contributed by atoms with Crippen molar-refractivity contribution < 1.29 is 76.4 Å². The second-order valence-electron chi connectivity index (χ2n) is 37.5. The molecule has 0 spiro atoms. The number of amides is 1. The van der Waals surface area contributed by atoms with Crippen LogP contribution in [0.3, 0.4) is 0 Å². The molecular weight excluding hydrogens is 2040 g/mol. The van der Waals surface area contributed by atoms with Crippen LogP contribution in [0.4, 0.5) is 4.79 Å². The SMILES string of the molecule is CC1CN(CCOc2ccc(Cl)cc2)CCC1CC(=O)COc1ccc(Cl)cc1.CC1CN(CCOc2ccc(Cl)cc2)CCC1CC(=O)COc1ccc(Cl)cc1.CC1CN(CCOc2ccc(Cl)cc2)CCC1CC(=O)OC(C)(C)C.CC1CN(CCOc2ccc(Cl)cc2)CCC1N.CC1CNCCC1NC(=O)OC(C)(C)C.Cl.Clc1ccc(OCCBr)cc1.O=C(O)COc1ccc(Cl)cc1. The summed E-state index contributed by atoms with van der Waals surface area (Å²) in [5.74, 6) is 9.01. The summed E-state index contributed by atoms with van der Waals surface area (Å²) < 4.78 is 55.1. The van der Waals surface area contributed by atoms with E-state index >= 15 is 0 Å². The molecule has 5 N–H and O–H groups in total. The van der Waals surface area contributed by atoms with Gasteiger partial charge in [0.15, 0.2) is 18.2 Å². The summed E-state index contributed by atoms with van der Waals surface area (Å²) in [7, 11) is 0. The molecule has 5 aliphatic heterocycles. The normalized spacial score (nSPS) is 19.8. The van der Waals surface area contributed by atoms with E-state index in [2.05, 4.69) is 80.8 Å². The highest BCUT2D eigenvalue weighted by molar-refractivity contribution is 9.09. The van der Waals surface area contributed by atoms with Gasteiger partial charge in [0.05, 0.1) is 6.61 Å². The summed E-state index contributed by atoms with van der Waals surface area (Å²) in [6, 6.07) is 58.4. The summed E-state index contributed by atoms with van der Waals surface area (Å²) in [5, 5.41) is 20.8. The molecule has 0 aliphatic carbocycles. The van der Waals surface area contributed by atoms with Gasteiger partial charge < -0.3 is 68.8 Å². The van der Waals surface area contributed by atoms with Gasteiger partial charge in [0.2, 0.25) is 0 Å². The molecule has 5 aliphatic rings. The van der Waals surface area contributed by atoms with Crippen molar-refractivity contribution in [1.82, 2.24) is 30.2 Å². The van der Waals surface area contributed by atoms with Crippen LogP contribution < -0.4 is 54.3 Å². The van der Waals surface area contributed by atoms with Gasteiger partial charge in [-0.3, -0.25) is 34.0 Å². The largest absolute Gasteiger partial charge is 0.493 e. The molecule has 10 unspecified atom stereocenters. The predicted molar refractivity (Wildman–Crippen MR) is 573 cm³/mol. The van der Waals surface area contributed by atoms with E-state index in [4.69, 9.17) is 151 Å². The van der Waals surface area contributed by atoms with Gasteiger partial charge in [0.1, 0.15) is 96.8 Å². The molecule has 8 aromatic rings. The van der Waals surface area contributed by atoms with Gasteiger partial charge in [-0.1, -0.05) is 143 Å². The molecule has 23 nitrogen and oxygen atoms in total. The second kappa shape index (κ2) is 65.8. The van der Waals surface area contributed by atoms with Crippen molar-refractivity contribution in [1.29, 1.82) is 0 Å². The number of ether oxygens (including phenoxy) is 10. The number of ketones is 2. The van der Waals surface area contributed by atoms with Crippen LogP contribution in [0.25, 0.3) is 0 Å². The van der Waals surface area contributed by atoms with Crippen molar-refractivity contribution in [3.05, 3.63) is 234 Å². The standard InChI is InChI=1S/2C23H27Cl2NO3.C20H30ClNO3.C14H21ClN2O.C11H22N2O2.C8H8BrClO.C8H7ClO3.ClH/c2*1-17-15-26(12-13-28-22-6-2-19(24)3-7-22)11-10-18(17)14-21(27)16-29-23-8-4-20(25)5-9-23;1-15-14-22(11-12-24-18-7-5-17(21)6-8-18)10-9-16(15)13-19(23)25-20(2,3)4;1-11-10-17(7-6-14(11)16)8-9-18-13-4-2-12(15)3-5-13;1-8-7-12-6-5-9(8)13-10(14)15-11(2,3)4;9-5-6-11-8-3-1-7(10)2-4-8;9-6-1-3-7(4-2-6)12-5-8(10)11;/h2*2-9,17-18H,10-16H2,1H3;5-8,15-16H,9-14H2,1-4H3;2-5,11,14H,6-10,16H2,1H3;8-9,12H,5-7H2,1-4H3,(H,13,14);1-4H,5-6H2;1-4H,5H2,(H,10,11);1H. The minimum atomic E-state index is -0.995. The molecule has 140 heavy (non-hydrogen) atoms. The fraction of sp³-hybridized carbons (Fsp3) is 0.505. The lowest BCUT2D eigenvalue weighted by Gasteiger charge is -2.36. The maximum Gasteiger partial charge on any atom is 0.407 e. The summed E-state index contributed by atoms with van der Waals surface area (Å²) in [5.41, 5.74) is 5.18. The first kappa shape index (κ1) is 121. The molecule has 33 heteroatoms. The zero-order chi connectivity index (χ0) is 101. The molecule has 0 aromatic heterocycles. The minimum Gasteiger partial charge on any atom is -0.493 e. The maximum absolute atomic E-state index is 12.3. The number of carboxylic acid groups (broad SMARTS) is 1. The first-order chi connectivity index (χ1) is 66.2. The van der Waals surface area contributed by atoms with Crippen molar-refractivity contribution >= 4 is 151 Å². The number of rotatable bonds is 35. The number of nitrogens with two attached hydrogens (primary N) is 1. The van der Waals surface area contributed by atoms with E-state index in [0.29, 0.717) is 153 Å². The highest BCUT2D eigenvalue weighted by Crippen LogP contribution is 2.33. The highest BCUT2D eigenvalue weighted by atomic mass is 79.9. The van der Waals surface area contributed by atoms with Crippen LogP contribution in [0, 0.1) is 47.3 Å². The number of alkyl carbamates (subject to hydrolysis) is 1. The van der Waals surface area contributed by atoms with Gasteiger partial charge in [-0.2, -0.15) is 0 Å². The number of Topliss-reactive ketones (excluding diaryl/α,β-unsaturated/α-hetero) is 2. The molecular formula is C107H143BrCl9N7O16. The van der Waals surface area contributed by atoms with Crippen LogP contribution >= 0.6 is 121 Å². The molecule has 1 amide bonds. The van der Waals surface area contributed by atoms with Crippen LogP contribution in [0.5, 0.6) is 46.0 Å². The van der Waals surface area contributed by atoms with Gasteiger partial charge in [-0.15, -0.1) is 12.4 Å². The van der Waals surface area contributed by atoms with Crippen molar-refractivity contribution in [3.63, 3.8) is 0 Å². The average molecular weight is 2180 g/mol. The number of piperidine rings is 5. The average Bonchev–Trinajstić information content (AvgIpc) is 0.868. The third-order valence-corrected chi connectivity index (χ3v) is 25.9. The van der Waals surface area contributed by atoms with E-state index in [-0.39, 0.29) is 61.9 Å². The number of nitrogens with one attached hydrogen (secondary N) is 2. The molecule has 8 aromatic carbocycles. The van der Waals surface area contributed by atoms with Crippen LogP contribution in [0.2, 0.25) is 40.2 Å². The van der Waals surface area contributed by atoms with E-state index < -0.39 is 17.2 Å². The minimum absolute atomic E-state index is 0. The number of hydrogen-bond donors (Lipinski definition) is 4. The molecule has 5 fully saturated rings. The maximum atomic E-state index is 12.3. The number of aliphatic carboxylic acids is 1. The Balaban J connectivity index is 0.000000257. The molecule has 5 heterocycles. The van der Waals surface area contributed by atoms with Crippen molar-refractivity contribution in [3.8, 4) is 46.0 Å². The zero-order valence-electron chi connectivity index (χ0n) is 82.4. The Bertz CT molecular complexity index is 4680. The van der Waals surface area contributed by atoms with E-state index in [1.807, 2.05) is 163 Å².